The van der Waals surface area contributed by atoms with Crippen molar-refractivity contribution in [1.29, 1.82) is 0 Å². The van der Waals surface area contributed by atoms with E-state index in [4.69, 9.17) is 5.11 Å². The van der Waals surface area contributed by atoms with E-state index in [-0.39, 0.29) is 5.56 Å². The quantitative estimate of drug-likeness (QED) is 0.833. The highest BCUT2D eigenvalue weighted by Crippen LogP contribution is 2.21. The predicted molar refractivity (Wildman–Crippen MR) is 71.2 cm³/mol. The first-order valence-corrected chi connectivity index (χ1v) is 6.45. The van der Waals surface area contributed by atoms with Gasteiger partial charge in [-0.3, -0.25) is 4.79 Å². The standard InChI is InChI=1S/C13H11NO3S/c1-18-10-4-2-8(3-5-10)11-6-9(13(16)17)7-12(15)14-11/h2-7H,1H3,(H,14,15)(H,16,17). The lowest BCUT2D eigenvalue weighted by atomic mass is 10.1. The van der Waals surface area contributed by atoms with Gasteiger partial charge in [-0.05, 0) is 30.0 Å². The molecule has 5 heteroatoms. The molecule has 0 bridgehead atoms. The summed E-state index contributed by atoms with van der Waals surface area (Å²) in [6.07, 6.45) is 1.97. The van der Waals surface area contributed by atoms with E-state index in [1.807, 2.05) is 30.5 Å². The Morgan fingerprint density at radius 1 is 1.22 bits per heavy atom. The lowest BCUT2D eigenvalue weighted by molar-refractivity contribution is 0.0696. The molecule has 0 saturated heterocycles. The summed E-state index contributed by atoms with van der Waals surface area (Å²) >= 11 is 1.62. The van der Waals surface area contributed by atoms with Crippen LogP contribution in [-0.2, 0) is 0 Å². The summed E-state index contributed by atoms with van der Waals surface area (Å²) < 4.78 is 0. The fourth-order valence-corrected chi connectivity index (χ4v) is 2.00. The minimum atomic E-state index is -1.11. The highest BCUT2D eigenvalue weighted by molar-refractivity contribution is 7.98. The smallest absolute Gasteiger partial charge is 0.335 e. The van der Waals surface area contributed by atoms with E-state index in [1.165, 1.54) is 6.07 Å². The van der Waals surface area contributed by atoms with Crippen molar-refractivity contribution in [1.82, 2.24) is 4.98 Å². The molecule has 0 saturated carbocycles. The van der Waals surface area contributed by atoms with Gasteiger partial charge in [0.15, 0.2) is 0 Å². The highest BCUT2D eigenvalue weighted by Gasteiger charge is 2.07. The molecular formula is C13H11NO3S. The van der Waals surface area contributed by atoms with E-state index in [0.717, 1.165) is 16.5 Å². The molecule has 0 amide bonds. The normalized spacial score (nSPS) is 10.3. The van der Waals surface area contributed by atoms with Crippen LogP contribution in [0.25, 0.3) is 11.3 Å². The summed E-state index contributed by atoms with van der Waals surface area (Å²) in [6, 6.07) is 10.1. The number of hydrogen-bond donors (Lipinski definition) is 2. The van der Waals surface area contributed by atoms with Gasteiger partial charge in [0.1, 0.15) is 0 Å². The fourth-order valence-electron chi connectivity index (χ4n) is 1.59. The van der Waals surface area contributed by atoms with Crippen molar-refractivity contribution in [3.05, 3.63) is 52.3 Å². The van der Waals surface area contributed by atoms with Gasteiger partial charge in [-0.25, -0.2) is 4.79 Å². The number of carbonyl (C=O) groups is 1. The van der Waals surface area contributed by atoms with E-state index in [1.54, 1.807) is 11.8 Å². The molecular weight excluding hydrogens is 250 g/mol. The van der Waals surface area contributed by atoms with Gasteiger partial charge < -0.3 is 10.1 Å². The van der Waals surface area contributed by atoms with Gasteiger partial charge in [0.25, 0.3) is 0 Å². The maximum Gasteiger partial charge on any atom is 0.335 e. The molecule has 2 aromatic rings. The summed E-state index contributed by atoms with van der Waals surface area (Å²) in [5, 5.41) is 8.91. The van der Waals surface area contributed by atoms with Gasteiger partial charge >= 0.3 is 5.97 Å². The number of pyridine rings is 1. The van der Waals surface area contributed by atoms with Crippen molar-refractivity contribution in [2.75, 3.05) is 6.26 Å². The van der Waals surface area contributed by atoms with E-state index in [2.05, 4.69) is 4.98 Å². The van der Waals surface area contributed by atoms with Crippen LogP contribution in [0.15, 0.2) is 46.1 Å². The Labute approximate surface area is 108 Å². The number of carboxylic acid groups (broad SMARTS) is 1. The van der Waals surface area contributed by atoms with Crippen molar-refractivity contribution in [3.8, 4) is 11.3 Å². The number of benzene rings is 1. The molecule has 0 fully saturated rings. The number of aromatic nitrogens is 1. The van der Waals surface area contributed by atoms with Gasteiger partial charge in [-0.15, -0.1) is 11.8 Å². The summed E-state index contributed by atoms with van der Waals surface area (Å²) in [7, 11) is 0. The first-order chi connectivity index (χ1) is 8.60. The van der Waals surface area contributed by atoms with Crippen LogP contribution in [0.2, 0.25) is 0 Å². The van der Waals surface area contributed by atoms with E-state index in [9.17, 15) is 9.59 Å². The Balaban J connectivity index is 2.49. The van der Waals surface area contributed by atoms with E-state index in [0.29, 0.717) is 5.69 Å². The molecule has 1 aromatic heterocycles. The average molecular weight is 261 g/mol. The molecule has 92 valence electrons. The SMILES string of the molecule is CSc1ccc(-c2cc(C(=O)O)cc(=O)[nH]2)cc1. The van der Waals surface area contributed by atoms with Crippen molar-refractivity contribution < 1.29 is 9.90 Å². The number of hydrogen-bond acceptors (Lipinski definition) is 3. The number of H-pyrrole nitrogens is 1. The number of rotatable bonds is 3. The maximum absolute atomic E-state index is 11.4. The Bertz CT molecular complexity index is 631. The third-order valence-electron chi connectivity index (χ3n) is 2.49. The Morgan fingerprint density at radius 3 is 2.44 bits per heavy atom. The van der Waals surface area contributed by atoms with Crippen molar-refractivity contribution in [2.24, 2.45) is 0 Å². The molecule has 4 nitrogen and oxygen atoms in total. The molecule has 0 aliphatic rings. The first kappa shape index (κ1) is 12.4. The molecule has 1 heterocycles. The first-order valence-electron chi connectivity index (χ1n) is 5.22. The zero-order valence-corrected chi connectivity index (χ0v) is 10.5. The molecule has 0 aliphatic carbocycles. The summed E-state index contributed by atoms with van der Waals surface area (Å²) in [5.74, 6) is -1.11. The van der Waals surface area contributed by atoms with Gasteiger partial charge in [0.2, 0.25) is 5.56 Å². The number of carboxylic acids is 1. The molecule has 1 aromatic carbocycles. The lowest BCUT2D eigenvalue weighted by Crippen LogP contribution is -2.10. The Hall–Kier alpha value is -2.01. The molecule has 2 N–H and O–H groups in total. The van der Waals surface area contributed by atoms with Crippen LogP contribution in [0.1, 0.15) is 10.4 Å². The second-order valence-electron chi connectivity index (χ2n) is 3.68. The second-order valence-corrected chi connectivity index (χ2v) is 4.56. The van der Waals surface area contributed by atoms with Gasteiger partial charge in [0, 0.05) is 16.7 Å². The number of aromatic carboxylic acids is 1. The minimum Gasteiger partial charge on any atom is -0.478 e. The summed E-state index contributed by atoms with van der Waals surface area (Å²) in [5.41, 5.74) is 0.863. The van der Waals surface area contributed by atoms with E-state index < -0.39 is 11.5 Å². The molecule has 0 atom stereocenters. The third kappa shape index (κ3) is 2.62. The lowest BCUT2D eigenvalue weighted by Gasteiger charge is -2.04. The topological polar surface area (TPSA) is 70.2 Å². The van der Waals surface area contributed by atoms with Crippen molar-refractivity contribution >= 4 is 17.7 Å². The number of aromatic amines is 1. The minimum absolute atomic E-state index is 0.0114. The van der Waals surface area contributed by atoms with Crippen LogP contribution >= 0.6 is 11.8 Å². The van der Waals surface area contributed by atoms with E-state index >= 15 is 0 Å². The Morgan fingerprint density at radius 2 is 1.89 bits per heavy atom. The van der Waals surface area contributed by atoms with Crippen molar-refractivity contribution in [3.63, 3.8) is 0 Å². The Kier molecular flexibility index (Phi) is 3.53. The summed E-state index contributed by atoms with van der Waals surface area (Å²) in [4.78, 5) is 26.0. The molecule has 18 heavy (non-hydrogen) atoms. The van der Waals surface area contributed by atoms with Crippen LogP contribution < -0.4 is 5.56 Å². The second kappa shape index (κ2) is 5.10. The van der Waals surface area contributed by atoms with Gasteiger partial charge in [0.05, 0.1) is 5.56 Å². The maximum atomic E-state index is 11.4. The highest BCUT2D eigenvalue weighted by atomic mass is 32.2. The molecule has 0 radical (unpaired) electrons. The van der Waals surface area contributed by atoms with Gasteiger partial charge in [-0.1, -0.05) is 12.1 Å². The molecule has 2 rings (SSSR count). The number of nitrogens with one attached hydrogen (secondary N) is 1. The summed E-state index contributed by atoms with van der Waals surface area (Å²) in [6.45, 7) is 0. The average Bonchev–Trinajstić information content (AvgIpc) is 2.38. The number of thioether (sulfide) groups is 1. The molecule has 0 spiro atoms. The zero-order chi connectivity index (χ0) is 13.1. The fraction of sp³-hybridized carbons (Fsp3) is 0.0769. The van der Waals surface area contributed by atoms with Crippen molar-refractivity contribution in [2.45, 2.75) is 4.90 Å². The third-order valence-corrected chi connectivity index (χ3v) is 3.24. The predicted octanol–water partition coefficient (Wildman–Crippen LogP) is 2.46. The van der Waals surface area contributed by atoms with Gasteiger partial charge in [-0.2, -0.15) is 0 Å². The zero-order valence-electron chi connectivity index (χ0n) is 9.64. The largest absolute Gasteiger partial charge is 0.478 e. The monoisotopic (exact) mass is 261 g/mol. The van der Waals surface area contributed by atoms with Crippen LogP contribution in [0.5, 0.6) is 0 Å². The van der Waals surface area contributed by atoms with Crippen LogP contribution in [-0.4, -0.2) is 22.3 Å². The van der Waals surface area contributed by atoms with Crippen LogP contribution in [0.4, 0.5) is 0 Å². The molecule has 0 unspecified atom stereocenters. The molecule has 0 aliphatic heterocycles. The van der Waals surface area contributed by atoms with Crippen LogP contribution in [0, 0.1) is 0 Å². The van der Waals surface area contributed by atoms with Crippen LogP contribution in [0.3, 0.4) is 0 Å².